The van der Waals surface area contributed by atoms with Crippen molar-refractivity contribution >= 4 is 87.1 Å². The smallest absolute Gasteiger partial charge is 0.167 e. The highest BCUT2D eigenvalue weighted by Gasteiger charge is 2.23. The molecule has 302 valence electrons. The van der Waals surface area contributed by atoms with Gasteiger partial charge in [-0.05, 0) is 65.4 Å². The molecule has 0 aliphatic heterocycles. The zero-order valence-electron chi connectivity index (χ0n) is 34.9. The van der Waals surface area contributed by atoms with Crippen molar-refractivity contribution in [3.8, 4) is 45.5 Å². The fourth-order valence-corrected chi connectivity index (χ4v) is 10.2. The maximum Gasteiger partial charge on any atom is 0.167 e. The molecule has 0 spiro atoms. The molecule has 6 nitrogen and oxygen atoms in total. The number of aromatic nitrogens is 5. The minimum Gasteiger partial charge on any atom is -0.455 e. The monoisotopic (exact) mass is 829 g/mol. The molecule has 0 atom stereocenters. The SMILES string of the molecule is c1ccc(-c2nc(-c3ccc4c5ccccc5n(-c5ccccc5)c4c3)nc(-c3cccc4c3oc3c5ccccc5c(-n5c6ccccc6c6cc7ccccc7cc65)cc43)n2)cc1. The van der Waals surface area contributed by atoms with Crippen molar-refractivity contribution in [2.45, 2.75) is 0 Å². The van der Waals surface area contributed by atoms with Gasteiger partial charge in [0.05, 0.1) is 33.3 Å². The van der Waals surface area contributed by atoms with Crippen molar-refractivity contribution in [1.29, 1.82) is 0 Å². The summed E-state index contributed by atoms with van der Waals surface area (Å²) in [6.45, 7) is 0. The van der Waals surface area contributed by atoms with E-state index in [1.165, 1.54) is 32.3 Å². The molecule has 0 bridgehead atoms. The zero-order chi connectivity index (χ0) is 42.6. The van der Waals surface area contributed by atoms with Gasteiger partial charge in [-0.2, -0.15) is 0 Å². The number of para-hydroxylation sites is 4. The molecule has 0 fully saturated rings. The summed E-state index contributed by atoms with van der Waals surface area (Å²) in [5, 5.41) is 11.4. The van der Waals surface area contributed by atoms with Crippen LogP contribution >= 0.6 is 0 Å². The van der Waals surface area contributed by atoms with Gasteiger partial charge in [-0.15, -0.1) is 0 Å². The average molecular weight is 830 g/mol. The highest BCUT2D eigenvalue weighted by Crippen LogP contribution is 2.44. The molecule has 0 radical (unpaired) electrons. The molecule has 4 heterocycles. The number of benzene rings is 10. The van der Waals surface area contributed by atoms with Crippen LogP contribution in [0.15, 0.2) is 217 Å². The zero-order valence-corrected chi connectivity index (χ0v) is 34.9. The summed E-state index contributed by atoms with van der Waals surface area (Å²) in [5.74, 6) is 1.72. The number of hydrogen-bond acceptors (Lipinski definition) is 4. The van der Waals surface area contributed by atoms with Crippen LogP contribution in [-0.4, -0.2) is 24.1 Å². The summed E-state index contributed by atoms with van der Waals surface area (Å²) in [6.07, 6.45) is 0. The van der Waals surface area contributed by atoms with Crippen LogP contribution in [0.1, 0.15) is 0 Å². The summed E-state index contributed by atoms with van der Waals surface area (Å²) >= 11 is 0. The van der Waals surface area contributed by atoms with Crippen molar-refractivity contribution in [2.24, 2.45) is 0 Å². The van der Waals surface area contributed by atoms with Crippen LogP contribution in [0.3, 0.4) is 0 Å². The van der Waals surface area contributed by atoms with Crippen LogP contribution in [0, 0.1) is 0 Å². The highest BCUT2D eigenvalue weighted by atomic mass is 16.3. The summed E-state index contributed by atoms with van der Waals surface area (Å²) < 4.78 is 11.8. The highest BCUT2D eigenvalue weighted by molar-refractivity contribution is 6.21. The molecule has 0 aliphatic rings. The van der Waals surface area contributed by atoms with Crippen LogP contribution in [0.5, 0.6) is 0 Å². The Bertz CT molecular complexity index is 4240. The fourth-order valence-electron chi connectivity index (χ4n) is 10.2. The van der Waals surface area contributed by atoms with E-state index in [0.29, 0.717) is 17.5 Å². The fraction of sp³-hybridized carbons (Fsp3) is 0. The molecule has 0 saturated carbocycles. The molecular formula is C59H35N5O. The molecule has 0 saturated heterocycles. The normalized spacial score (nSPS) is 12.0. The Morgan fingerprint density at radius 1 is 0.308 bits per heavy atom. The van der Waals surface area contributed by atoms with Crippen LogP contribution in [0.2, 0.25) is 0 Å². The first-order valence-corrected chi connectivity index (χ1v) is 21.9. The minimum absolute atomic E-state index is 0.543. The van der Waals surface area contributed by atoms with E-state index in [4.69, 9.17) is 19.4 Å². The van der Waals surface area contributed by atoms with Gasteiger partial charge in [0, 0.05) is 59.9 Å². The Balaban J connectivity index is 1.01. The molecule has 14 rings (SSSR count). The molecule has 65 heavy (non-hydrogen) atoms. The molecule has 0 unspecified atom stereocenters. The van der Waals surface area contributed by atoms with Crippen molar-refractivity contribution in [3.05, 3.63) is 212 Å². The van der Waals surface area contributed by atoms with Gasteiger partial charge in [0.15, 0.2) is 17.5 Å². The maximum atomic E-state index is 7.09. The number of fused-ring (bicyclic) bond motifs is 12. The minimum atomic E-state index is 0.543. The molecule has 0 aliphatic carbocycles. The second-order valence-electron chi connectivity index (χ2n) is 16.8. The van der Waals surface area contributed by atoms with Crippen molar-refractivity contribution < 1.29 is 4.42 Å². The van der Waals surface area contributed by atoms with E-state index >= 15 is 0 Å². The van der Waals surface area contributed by atoms with Crippen LogP contribution in [0.25, 0.3) is 133 Å². The Morgan fingerprint density at radius 2 is 0.862 bits per heavy atom. The van der Waals surface area contributed by atoms with E-state index in [9.17, 15) is 0 Å². The first-order chi connectivity index (χ1) is 32.2. The van der Waals surface area contributed by atoms with Gasteiger partial charge < -0.3 is 13.6 Å². The first-order valence-electron chi connectivity index (χ1n) is 21.9. The van der Waals surface area contributed by atoms with E-state index < -0.39 is 0 Å². The molecule has 0 N–H and O–H groups in total. The number of furan rings is 1. The molecule has 10 aromatic carbocycles. The summed E-state index contributed by atoms with van der Waals surface area (Å²) in [4.78, 5) is 15.7. The van der Waals surface area contributed by atoms with Crippen molar-refractivity contribution in [2.75, 3.05) is 0 Å². The van der Waals surface area contributed by atoms with Crippen molar-refractivity contribution in [3.63, 3.8) is 0 Å². The van der Waals surface area contributed by atoms with E-state index in [-0.39, 0.29) is 0 Å². The van der Waals surface area contributed by atoms with Gasteiger partial charge in [0.2, 0.25) is 0 Å². The summed E-state index contributed by atoms with van der Waals surface area (Å²) in [7, 11) is 0. The standard InChI is InChI=1S/C59H35N5O/c1-3-16-36(17-4-1)57-60-58(39-30-31-44-41-22-11-13-28-50(41)63(52(44)34-39)40-20-5-2-6-21-40)62-59(61-57)47-27-15-26-46-49-35-54(42-23-9-10-25-45(42)56(49)65-55(46)47)64-51-29-14-12-24-43(51)48-32-37-18-7-8-19-38(37)33-53(48)64/h1-35H. The van der Waals surface area contributed by atoms with Gasteiger partial charge in [-0.25, -0.2) is 15.0 Å². The lowest BCUT2D eigenvalue weighted by atomic mass is 10.0. The summed E-state index contributed by atoms with van der Waals surface area (Å²) in [6, 6.07) is 75.0. The predicted octanol–water partition coefficient (Wildman–Crippen LogP) is 15.3. The molecule has 4 aromatic heterocycles. The molecule has 0 amide bonds. The first kappa shape index (κ1) is 35.7. The van der Waals surface area contributed by atoms with Gasteiger partial charge in [-0.1, -0.05) is 158 Å². The van der Waals surface area contributed by atoms with E-state index in [2.05, 4.69) is 191 Å². The topological polar surface area (TPSA) is 61.7 Å². The Kier molecular flexibility index (Phi) is 7.59. The number of rotatable bonds is 5. The van der Waals surface area contributed by atoms with Crippen LogP contribution in [-0.2, 0) is 0 Å². The van der Waals surface area contributed by atoms with Crippen LogP contribution in [0.4, 0.5) is 0 Å². The molecular weight excluding hydrogens is 795 g/mol. The second-order valence-corrected chi connectivity index (χ2v) is 16.8. The van der Waals surface area contributed by atoms with Crippen LogP contribution < -0.4 is 0 Å². The predicted molar refractivity (Wildman–Crippen MR) is 267 cm³/mol. The van der Waals surface area contributed by atoms with Gasteiger partial charge in [0.1, 0.15) is 11.2 Å². The van der Waals surface area contributed by atoms with Gasteiger partial charge in [0.25, 0.3) is 0 Å². The maximum absolute atomic E-state index is 7.09. The van der Waals surface area contributed by atoms with Gasteiger partial charge in [-0.3, -0.25) is 0 Å². The Labute approximate surface area is 371 Å². The van der Waals surface area contributed by atoms with E-state index in [0.717, 1.165) is 82.8 Å². The molecule has 6 heteroatoms. The third-order valence-corrected chi connectivity index (χ3v) is 13.1. The number of hydrogen-bond donors (Lipinski definition) is 0. The Hall–Kier alpha value is -8.87. The quantitative estimate of drug-likeness (QED) is 0.173. The Morgan fingerprint density at radius 3 is 1.65 bits per heavy atom. The van der Waals surface area contributed by atoms with E-state index in [1.807, 2.05) is 30.3 Å². The van der Waals surface area contributed by atoms with Gasteiger partial charge >= 0.3 is 0 Å². The lowest BCUT2D eigenvalue weighted by Crippen LogP contribution is -2.00. The second kappa shape index (κ2) is 13.8. The third kappa shape index (κ3) is 5.38. The number of nitrogens with zero attached hydrogens (tertiary/aromatic N) is 5. The summed E-state index contributed by atoms with van der Waals surface area (Å²) in [5.41, 5.74) is 10.9. The van der Waals surface area contributed by atoms with Crippen molar-refractivity contribution in [1.82, 2.24) is 24.1 Å². The third-order valence-electron chi connectivity index (χ3n) is 13.1. The van der Waals surface area contributed by atoms with E-state index in [1.54, 1.807) is 0 Å². The lowest BCUT2D eigenvalue weighted by molar-refractivity contribution is 0.673. The lowest BCUT2D eigenvalue weighted by Gasteiger charge is -2.13. The molecule has 14 aromatic rings. The largest absolute Gasteiger partial charge is 0.455 e. The average Bonchev–Trinajstić information content (AvgIpc) is 4.03.